The van der Waals surface area contributed by atoms with Gasteiger partial charge in [-0.3, -0.25) is 0 Å². The predicted molar refractivity (Wildman–Crippen MR) is 90.7 cm³/mol. The van der Waals surface area contributed by atoms with E-state index in [9.17, 15) is 4.79 Å². The van der Waals surface area contributed by atoms with Crippen LogP contribution in [0, 0.1) is 0 Å². The third-order valence-corrected chi connectivity index (χ3v) is 4.18. The molecule has 112 valence electrons. The lowest BCUT2D eigenvalue weighted by Crippen LogP contribution is -2.04. The normalized spacial score (nSPS) is 14.9. The lowest BCUT2D eigenvalue weighted by Gasteiger charge is -2.06. The molecule has 3 heteroatoms. The van der Waals surface area contributed by atoms with E-state index in [0.717, 1.165) is 29.5 Å². The summed E-state index contributed by atoms with van der Waals surface area (Å²) in [7, 11) is 0. The molecule has 0 amide bonds. The number of rotatable bonds is 2. The Morgan fingerprint density at radius 3 is 2.52 bits per heavy atom. The number of hydrogen-bond acceptors (Lipinski definition) is 3. The molecule has 3 nitrogen and oxygen atoms in total. The van der Waals surface area contributed by atoms with Crippen LogP contribution in [0.1, 0.15) is 27.9 Å². The molecule has 23 heavy (non-hydrogen) atoms. The average Bonchev–Trinajstić information content (AvgIpc) is 3.04. The van der Waals surface area contributed by atoms with Gasteiger partial charge >= 0.3 is 5.97 Å². The van der Waals surface area contributed by atoms with Gasteiger partial charge in [-0.1, -0.05) is 59.8 Å². The summed E-state index contributed by atoms with van der Waals surface area (Å²) in [5.41, 5.74) is 3.73. The minimum Gasteiger partial charge on any atom is -0.313 e. The van der Waals surface area contributed by atoms with E-state index >= 15 is 0 Å². The van der Waals surface area contributed by atoms with Gasteiger partial charge in [0, 0.05) is 5.56 Å². The fourth-order valence-electron chi connectivity index (χ4n) is 3.06. The molecule has 0 N–H and O–H groups in total. The van der Waals surface area contributed by atoms with E-state index in [1.165, 1.54) is 10.9 Å². The maximum atomic E-state index is 12.0. The Morgan fingerprint density at radius 2 is 1.65 bits per heavy atom. The number of benzene rings is 3. The van der Waals surface area contributed by atoms with Crippen molar-refractivity contribution < 1.29 is 9.63 Å². The summed E-state index contributed by atoms with van der Waals surface area (Å²) in [6.45, 7) is 0. The second-order valence-corrected chi connectivity index (χ2v) is 5.60. The Labute approximate surface area is 134 Å². The fraction of sp³-hybridized carbons (Fsp3) is 0.100. The van der Waals surface area contributed by atoms with Crippen molar-refractivity contribution in [3.05, 3.63) is 83.4 Å². The first-order valence-corrected chi connectivity index (χ1v) is 7.67. The average molecular weight is 301 g/mol. The van der Waals surface area contributed by atoms with Crippen molar-refractivity contribution >= 4 is 22.5 Å². The van der Waals surface area contributed by atoms with Crippen LogP contribution in [-0.4, -0.2) is 11.7 Å². The molecule has 0 spiro atoms. The van der Waals surface area contributed by atoms with Crippen LogP contribution in [0.3, 0.4) is 0 Å². The largest absolute Gasteiger partial charge is 0.365 e. The van der Waals surface area contributed by atoms with Gasteiger partial charge in [-0.15, -0.1) is 0 Å². The van der Waals surface area contributed by atoms with Crippen LogP contribution in [0.4, 0.5) is 0 Å². The van der Waals surface area contributed by atoms with E-state index in [1.54, 1.807) is 12.1 Å². The molecule has 1 aliphatic carbocycles. The molecule has 0 saturated carbocycles. The maximum Gasteiger partial charge on any atom is 0.365 e. The molecule has 3 aromatic carbocycles. The highest BCUT2D eigenvalue weighted by molar-refractivity contribution is 6.14. The summed E-state index contributed by atoms with van der Waals surface area (Å²) in [6, 6.07) is 21.4. The summed E-state index contributed by atoms with van der Waals surface area (Å²) in [4.78, 5) is 17.2. The van der Waals surface area contributed by atoms with Crippen molar-refractivity contribution in [3.8, 4) is 0 Å². The van der Waals surface area contributed by atoms with E-state index in [4.69, 9.17) is 4.84 Å². The Kier molecular flexibility index (Phi) is 3.39. The highest BCUT2D eigenvalue weighted by atomic mass is 16.7. The first-order valence-electron chi connectivity index (χ1n) is 7.67. The Balaban J connectivity index is 1.68. The van der Waals surface area contributed by atoms with Gasteiger partial charge in [0.05, 0.1) is 11.3 Å². The van der Waals surface area contributed by atoms with E-state index in [-0.39, 0.29) is 0 Å². The third kappa shape index (κ3) is 2.50. The smallest absolute Gasteiger partial charge is 0.313 e. The molecule has 0 saturated heterocycles. The van der Waals surface area contributed by atoms with Gasteiger partial charge in [0.15, 0.2) is 0 Å². The summed E-state index contributed by atoms with van der Waals surface area (Å²) in [5.74, 6) is -0.424. The second-order valence-electron chi connectivity index (χ2n) is 5.60. The van der Waals surface area contributed by atoms with Crippen LogP contribution in [0.25, 0.3) is 10.8 Å². The number of oxime groups is 1. The maximum absolute atomic E-state index is 12.0. The highest BCUT2D eigenvalue weighted by Crippen LogP contribution is 2.30. The Morgan fingerprint density at radius 1 is 0.870 bits per heavy atom. The van der Waals surface area contributed by atoms with Crippen molar-refractivity contribution in [2.45, 2.75) is 12.8 Å². The molecule has 0 atom stereocenters. The molecule has 3 aromatic rings. The SMILES string of the molecule is O=C(O/N=C1/CCc2ccc3ccccc3c21)c1ccccc1. The van der Waals surface area contributed by atoms with E-state index in [0.29, 0.717) is 5.56 Å². The van der Waals surface area contributed by atoms with E-state index in [1.807, 2.05) is 30.3 Å². The molecular weight excluding hydrogens is 286 g/mol. The molecule has 0 radical (unpaired) electrons. The lowest BCUT2D eigenvalue weighted by atomic mass is 10.0. The van der Waals surface area contributed by atoms with Gasteiger partial charge < -0.3 is 4.84 Å². The molecule has 0 heterocycles. The number of hydrogen-bond donors (Lipinski definition) is 0. The molecule has 4 rings (SSSR count). The fourth-order valence-corrected chi connectivity index (χ4v) is 3.06. The summed E-state index contributed by atoms with van der Waals surface area (Å²) >= 11 is 0. The summed E-state index contributed by atoms with van der Waals surface area (Å²) in [6.07, 6.45) is 1.73. The standard InChI is InChI=1S/C20H15NO2/c22-20(16-7-2-1-3-8-16)23-21-18-13-12-15-11-10-14-6-4-5-9-17(14)19(15)18/h1-11H,12-13H2/b21-18-. The highest BCUT2D eigenvalue weighted by Gasteiger charge is 2.21. The van der Waals surface area contributed by atoms with Crippen LogP contribution in [0.5, 0.6) is 0 Å². The monoisotopic (exact) mass is 301 g/mol. The minimum atomic E-state index is -0.424. The van der Waals surface area contributed by atoms with E-state index in [2.05, 4.69) is 29.4 Å². The molecular formula is C20H15NO2. The minimum absolute atomic E-state index is 0.424. The number of aryl methyl sites for hydroxylation is 1. The molecule has 1 aliphatic rings. The van der Waals surface area contributed by atoms with Crippen LogP contribution >= 0.6 is 0 Å². The number of nitrogens with zero attached hydrogens (tertiary/aromatic N) is 1. The van der Waals surface area contributed by atoms with Crippen LogP contribution in [0.2, 0.25) is 0 Å². The van der Waals surface area contributed by atoms with Gasteiger partial charge in [0.25, 0.3) is 0 Å². The quantitative estimate of drug-likeness (QED) is 0.521. The number of carbonyl (C=O) groups is 1. The van der Waals surface area contributed by atoms with E-state index < -0.39 is 5.97 Å². The van der Waals surface area contributed by atoms with Crippen molar-refractivity contribution in [3.63, 3.8) is 0 Å². The van der Waals surface area contributed by atoms with Gasteiger partial charge in [0.1, 0.15) is 0 Å². The Bertz CT molecular complexity index is 913. The molecule has 0 bridgehead atoms. The molecule has 0 aliphatic heterocycles. The first kappa shape index (κ1) is 13.7. The predicted octanol–water partition coefficient (Wildman–Crippen LogP) is 4.35. The van der Waals surface area contributed by atoms with Crippen molar-refractivity contribution in [2.75, 3.05) is 0 Å². The summed E-state index contributed by atoms with van der Waals surface area (Å²) < 4.78 is 0. The molecule has 0 unspecified atom stereocenters. The van der Waals surface area contributed by atoms with Gasteiger partial charge in [-0.25, -0.2) is 4.79 Å². The zero-order valence-electron chi connectivity index (χ0n) is 12.5. The van der Waals surface area contributed by atoms with Crippen molar-refractivity contribution in [2.24, 2.45) is 5.16 Å². The second kappa shape index (κ2) is 5.69. The zero-order chi connectivity index (χ0) is 15.6. The third-order valence-electron chi connectivity index (χ3n) is 4.18. The summed E-state index contributed by atoms with van der Waals surface area (Å²) in [5, 5.41) is 6.50. The van der Waals surface area contributed by atoms with Crippen LogP contribution in [-0.2, 0) is 11.3 Å². The number of fused-ring (bicyclic) bond motifs is 3. The molecule has 0 fully saturated rings. The van der Waals surface area contributed by atoms with Crippen LogP contribution in [0.15, 0.2) is 71.9 Å². The molecule has 0 aromatic heterocycles. The van der Waals surface area contributed by atoms with Gasteiger partial charge in [-0.05, 0) is 41.3 Å². The number of carbonyl (C=O) groups excluding carboxylic acids is 1. The van der Waals surface area contributed by atoms with Crippen LogP contribution < -0.4 is 0 Å². The van der Waals surface area contributed by atoms with Crippen molar-refractivity contribution in [1.82, 2.24) is 0 Å². The van der Waals surface area contributed by atoms with Gasteiger partial charge in [0.2, 0.25) is 0 Å². The van der Waals surface area contributed by atoms with Gasteiger partial charge in [-0.2, -0.15) is 0 Å². The zero-order valence-corrected chi connectivity index (χ0v) is 12.5. The first-order chi connectivity index (χ1) is 11.3. The van der Waals surface area contributed by atoms with Crippen molar-refractivity contribution in [1.29, 1.82) is 0 Å². The lowest BCUT2D eigenvalue weighted by molar-refractivity contribution is 0.0516. The Hall–Kier alpha value is -2.94. The topological polar surface area (TPSA) is 38.7 Å².